The highest BCUT2D eigenvalue weighted by Gasteiger charge is 2.55. The first-order valence-corrected chi connectivity index (χ1v) is 11.4. The normalized spacial score (nSPS) is 13.9. The van der Waals surface area contributed by atoms with E-state index in [2.05, 4.69) is 0 Å². The van der Waals surface area contributed by atoms with Crippen LogP contribution in [0, 0.1) is 20.2 Å². The molecule has 0 aliphatic carbocycles. The molecule has 198 valence electrons. The number of non-ortho nitro benzene ring substituents is 1. The van der Waals surface area contributed by atoms with Crippen LogP contribution in [0.15, 0.2) is 66.7 Å². The van der Waals surface area contributed by atoms with E-state index in [1.807, 2.05) is 0 Å². The molecule has 6 rings (SSSR count). The number of phenolic OH excluding ortho intramolecular Hbond substituents is 2. The van der Waals surface area contributed by atoms with Gasteiger partial charge >= 0.3 is 11.9 Å². The molecule has 4 aromatic carbocycles. The number of carboxylic acid groups (broad SMARTS) is 1. The number of aromatic carboxylic acids is 1. The first-order valence-electron chi connectivity index (χ1n) is 11.4. The summed E-state index contributed by atoms with van der Waals surface area (Å²) < 4.78 is 11.8. The van der Waals surface area contributed by atoms with Crippen LogP contribution in [0.2, 0.25) is 0 Å². The van der Waals surface area contributed by atoms with Crippen molar-refractivity contribution in [3.63, 3.8) is 0 Å². The lowest BCUT2D eigenvalue weighted by Crippen LogP contribution is -2.32. The predicted molar refractivity (Wildman–Crippen MR) is 134 cm³/mol. The number of ether oxygens (including phenoxy) is 2. The minimum atomic E-state index is -1.76. The number of hydrogen-bond acceptors (Lipinski definition) is 10. The molecule has 0 aromatic heterocycles. The molecule has 0 bridgehead atoms. The molecule has 40 heavy (non-hydrogen) atoms. The summed E-state index contributed by atoms with van der Waals surface area (Å²) in [6.45, 7) is 0. The Hall–Kier alpha value is -5.98. The Morgan fingerprint density at radius 3 is 1.90 bits per heavy atom. The molecule has 13 heteroatoms. The van der Waals surface area contributed by atoms with Gasteiger partial charge in [-0.05, 0) is 30.3 Å². The third kappa shape index (κ3) is 3.27. The van der Waals surface area contributed by atoms with Crippen LogP contribution >= 0.6 is 0 Å². The summed E-state index contributed by atoms with van der Waals surface area (Å²) in [5.41, 5.74) is -3.98. The summed E-state index contributed by atoms with van der Waals surface area (Å²) in [5.74, 6) is -2.85. The fraction of sp³-hybridized carbons (Fsp3) is 0.0370. The van der Waals surface area contributed by atoms with E-state index in [-0.39, 0.29) is 50.8 Å². The van der Waals surface area contributed by atoms with Gasteiger partial charge in [0.1, 0.15) is 23.0 Å². The number of esters is 1. The van der Waals surface area contributed by atoms with Gasteiger partial charge in [0.25, 0.3) is 11.4 Å². The maximum atomic E-state index is 13.5. The van der Waals surface area contributed by atoms with Crippen LogP contribution in [0.4, 0.5) is 11.4 Å². The van der Waals surface area contributed by atoms with Crippen molar-refractivity contribution in [2.24, 2.45) is 0 Å². The van der Waals surface area contributed by atoms with Crippen LogP contribution < -0.4 is 4.74 Å². The van der Waals surface area contributed by atoms with Crippen LogP contribution in [-0.2, 0) is 10.3 Å². The number of benzene rings is 4. The molecule has 2 aliphatic heterocycles. The summed E-state index contributed by atoms with van der Waals surface area (Å²) in [6.07, 6.45) is 0. The molecule has 13 nitrogen and oxygen atoms in total. The number of nitrogens with zero attached hydrogens (tertiary/aromatic N) is 2. The molecule has 4 aromatic rings. The minimum absolute atomic E-state index is 0.0744. The van der Waals surface area contributed by atoms with Crippen molar-refractivity contribution >= 4 is 23.3 Å². The van der Waals surface area contributed by atoms with Gasteiger partial charge < -0.3 is 24.8 Å². The van der Waals surface area contributed by atoms with Crippen molar-refractivity contribution in [1.29, 1.82) is 0 Å². The topological polar surface area (TPSA) is 200 Å². The highest BCUT2D eigenvalue weighted by atomic mass is 16.6. The van der Waals surface area contributed by atoms with Gasteiger partial charge in [-0.15, -0.1) is 0 Å². The maximum absolute atomic E-state index is 13.5. The summed E-state index contributed by atoms with van der Waals surface area (Å²) in [7, 11) is 0. The second-order valence-corrected chi connectivity index (χ2v) is 8.97. The Morgan fingerprint density at radius 2 is 1.35 bits per heavy atom. The van der Waals surface area contributed by atoms with Crippen molar-refractivity contribution in [1.82, 2.24) is 0 Å². The number of phenols is 2. The van der Waals surface area contributed by atoms with Gasteiger partial charge in [-0.2, -0.15) is 0 Å². The fourth-order valence-electron chi connectivity index (χ4n) is 5.25. The van der Waals surface area contributed by atoms with Crippen molar-refractivity contribution < 1.29 is 44.2 Å². The third-order valence-electron chi connectivity index (χ3n) is 6.84. The second-order valence-electron chi connectivity index (χ2n) is 8.97. The quantitative estimate of drug-likeness (QED) is 0.181. The zero-order chi connectivity index (χ0) is 28.5. The number of rotatable bonds is 4. The number of carbonyl (C=O) groups excluding carboxylic acids is 1. The molecule has 0 fully saturated rings. The number of hydrogen-bond donors (Lipinski definition) is 3. The van der Waals surface area contributed by atoms with Gasteiger partial charge in [0.05, 0.1) is 32.6 Å². The van der Waals surface area contributed by atoms with E-state index < -0.39 is 49.9 Å². The Balaban J connectivity index is 1.68. The molecule has 0 saturated heterocycles. The number of nitro groups is 2. The molecular formula is C27H14N2O11. The Bertz CT molecular complexity index is 1800. The number of carboxylic acids is 1. The van der Waals surface area contributed by atoms with Crippen LogP contribution in [0.3, 0.4) is 0 Å². The average molecular weight is 542 g/mol. The SMILES string of the molecule is O=C(O)c1c(-c2ccc([N+](=O)[O-])cc2[N+](=O)[O-])ccc2c1C(=O)OC21c2ccc(O)cc2Oc2cc(O)ccc21. The van der Waals surface area contributed by atoms with E-state index in [1.54, 1.807) is 0 Å². The van der Waals surface area contributed by atoms with E-state index in [0.717, 1.165) is 12.1 Å². The van der Waals surface area contributed by atoms with E-state index in [1.165, 1.54) is 48.5 Å². The highest BCUT2D eigenvalue weighted by Crippen LogP contribution is 2.58. The second kappa shape index (κ2) is 8.26. The first kappa shape index (κ1) is 24.4. The maximum Gasteiger partial charge on any atom is 0.341 e. The van der Waals surface area contributed by atoms with Gasteiger partial charge in [0.15, 0.2) is 5.60 Å². The number of fused-ring (bicyclic) bond motifs is 6. The van der Waals surface area contributed by atoms with Crippen molar-refractivity contribution in [3.05, 3.63) is 115 Å². The van der Waals surface area contributed by atoms with Gasteiger partial charge in [0, 0.05) is 40.5 Å². The molecular weight excluding hydrogens is 528 g/mol. The van der Waals surface area contributed by atoms with E-state index in [0.29, 0.717) is 6.07 Å². The predicted octanol–water partition coefficient (Wildman–Crippen LogP) is 4.85. The fourth-order valence-corrected chi connectivity index (χ4v) is 5.25. The summed E-state index contributed by atoms with van der Waals surface area (Å²) in [6, 6.07) is 13.5. The summed E-state index contributed by atoms with van der Waals surface area (Å²) in [4.78, 5) is 47.4. The lowest BCUT2D eigenvalue weighted by molar-refractivity contribution is -0.393. The zero-order valence-corrected chi connectivity index (χ0v) is 19.9. The number of nitro benzene ring substituents is 2. The monoisotopic (exact) mass is 542 g/mol. The lowest BCUT2D eigenvalue weighted by atomic mass is 9.76. The van der Waals surface area contributed by atoms with Crippen LogP contribution in [0.25, 0.3) is 11.1 Å². The average Bonchev–Trinajstić information content (AvgIpc) is 3.19. The van der Waals surface area contributed by atoms with E-state index in [9.17, 15) is 45.1 Å². The first-order chi connectivity index (χ1) is 19.0. The molecule has 2 aliphatic rings. The lowest BCUT2D eigenvalue weighted by Gasteiger charge is -2.36. The van der Waals surface area contributed by atoms with Crippen molar-refractivity contribution in [3.8, 4) is 34.1 Å². The Labute approximate surface area is 222 Å². The van der Waals surface area contributed by atoms with Crippen LogP contribution in [0.1, 0.15) is 37.4 Å². The largest absolute Gasteiger partial charge is 0.508 e. The summed E-state index contributed by atoms with van der Waals surface area (Å²) in [5, 5.41) is 53.4. The zero-order valence-electron chi connectivity index (χ0n) is 19.9. The van der Waals surface area contributed by atoms with E-state index >= 15 is 0 Å². The third-order valence-corrected chi connectivity index (χ3v) is 6.84. The van der Waals surface area contributed by atoms with E-state index in [4.69, 9.17) is 9.47 Å². The minimum Gasteiger partial charge on any atom is -0.508 e. The van der Waals surface area contributed by atoms with Gasteiger partial charge in [0.2, 0.25) is 0 Å². The molecule has 2 heterocycles. The van der Waals surface area contributed by atoms with Crippen molar-refractivity contribution in [2.75, 3.05) is 0 Å². The standard InChI is InChI=1S/C27H14N2O11/c30-13-2-6-17-21(10-13)39-22-11-14(31)3-7-18(22)27(17)19-8-5-16(23(25(32)33)24(19)26(34)40-27)15-4-1-12(28(35)36)9-20(15)29(37)38/h1-11,30-31H,(H,32,33). The number of carbonyl (C=O) groups is 2. The van der Waals surface area contributed by atoms with Crippen LogP contribution in [0.5, 0.6) is 23.0 Å². The molecule has 0 saturated carbocycles. The Morgan fingerprint density at radius 1 is 0.775 bits per heavy atom. The van der Waals surface area contributed by atoms with Gasteiger partial charge in [-0.25, -0.2) is 9.59 Å². The molecule has 0 atom stereocenters. The molecule has 3 N–H and O–H groups in total. The number of aromatic hydroxyl groups is 2. The van der Waals surface area contributed by atoms with Crippen LogP contribution in [-0.4, -0.2) is 37.1 Å². The molecule has 0 radical (unpaired) electrons. The van der Waals surface area contributed by atoms with Gasteiger partial charge in [-0.3, -0.25) is 20.2 Å². The molecule has 0 unspecified atom stereocenters. The molecule has 0 amide bonds. The summed E-state index contributed by atoms with van der Waals surface area (Å²) >= 11 is 0. The van der Waals surface area contributed by atoms with Gasteiger partial charge in [-0.1, -0.05) is 12.1 Å². The molecule has 1 spiro atoms. The highest BCUT2D eigenvalue weighted by molar-refractivity contribution is 6.11. The van der Waals surface area contributed by atoms with Crippen molar-refractivity contribution in [2.45, 2.75) is 5.60 Å². The smallest absolute Gasteiger partial charge is 0.341 e. The Kier molecular flexibility index (Phi) is 5.03.